The SMILES string of the molecule is CCc1nn(C)cc1C(C#N)N1CCCC1. The summed E-state index contributed by atoms with van der Waals surface area (Å²) < 4.78 is 1.81. The van der Waals surface area contributed by atoms with E-state index < -0.39 is 0 Å². The van der Waals surface area contributed by atoms with Crippen molar-refractivity contribution in [2.75, 3.05) is 13.1 Å². The van der Waals surface area contributed by atoms with Gasteiger partial charge < -0.3 is 0 Å². The third-order valence-corrected chi connectivity index (χ3v) is 3.20. The van der Waals surface area contributed by atoms with E-state index in [1.54, 1.807) is 0 Å². The molecule has 0 saturated carbocycles. The van der Waals surface area contributed by atoms with Crippen molar-refractivity contribution < 1.29 is 0 Å². The Kier molecular flexibility index (Phi) is 3.25. The lowest BCUT2D eigenvalue weighted by Gasteiger charge is -2.20. The van der Waals surface area contributed by atoms with E-state index in [0.29, 0.717) is 0 Å². The van der Waals surface area contributed by atoms with Crippen LogP contribution in [-0.4, -0.2) is 27.8 Å². The molecule has 4 nitrogen and oxygen atoms in total. The average Bonchev–Trinajstić information content (AvgIpc) is 2.89. The van der Waals surface area contributed by atoms with Gasteiger partial charge in [-0.05, 0) is 32.4 Å². The molecule has 16 heavy (non-hydrogen) atoms. The summed E-state index contributed by atoms with van der Waals surface area (Å²) >= 11 is 0. The van der Waals surface area contributed by atoms with Gasteiger partial charge in [0.1, 0.15) is 6.04 Å². The summed E-state index contributed by atoms with van der Waals surface area (Å²) in [4.78, 5) is 2.26. The Balaban J connectivity index is 2.28. The van der Waals surface area contributed by atoms with Crippen molar-refractivity contribution >= 4 is 0 Å². The van der Waals surface area contributed by atoms with Crippen LogP contribution in [0, 0.1) is 11.3 Å². The van der Waals surface area contributed by atoms with Crippen LogP contribution < -0.4 is 0 Å². The minimum atomic E-state index is -0.105. The fourth-order valence-corrected chi connectivity index (χ4v) is 2.40. The molecule has 0 aliphatic carbocycles. The van der Waals surface area contributed by atoms with Crippen LogP contribution in [-0.2, 0) is 13.5 Å². The van der Waals surface area contributed by atoms with E-state index >= 15 is 0 Å². The van der Waals surface area contributed by atoms with Crippen LogP contribution in [0.2, 0.25) is 0 Å². The fraction of sp³-hybridized carbons (Fsp3) is 0.667. The van der Waals surface area contributed by atoms with Crippen LogP contribution in [0.1, 0.15) is 37.1 Å². The predicted octanol–water partition coefficient (Wildman–Crippen LogP) is 1.64. The number of hydrogen-bond donors (Lipinski definition) is 0. The van der Waals surface area contributed by atoms with Crippen molar-refractivity contribution in [3.05, 3.63) is 17.5 Å². The summed E-state index contributed by atoms with van der Waals surface area (Å²) in [6, 6.07) is 2.32. The molecule has 0 amide bonds. The van der Waals surface area contributed by atoms with Crippen LogP contribution in [0.25, 0.3) is 0 Å². The number of hydrogen-bond acceptors (Lipinski definition) is 3. The molecule has 1 aliphatic rings. The Bertz CT molecular complexity index is 396. The topological polar surface area (TPSA) is 44.9 Å². The second kappa shape index (κ2) is 4.67. The first-order valence-electron chi connectivity index (χ1n) is 5.92. The minimum Gasteiger partial charge on any atom is -0.284 e. The summed E-state index contributed by atoms with van der Waals surface area (Å²) in [5.41, 5.74) is 2.15. The second-order valence-corrected chi connectivity index (χ2v) is 4.33. The highest BCUT2D eigenvalue weighted by molar-refractivity contribution is 5.26. The Morgan fingerprint density at radius 1 is 1.50 bits per heavy atom. The lowest BCUT2D eigenvalue weighted by molar-refractivity contribution is 0.293. The minimum absolute atomic E-state index is 0.105. The average molecular weight is 218 g/mol. The van der Waals surface area contributed by atoms with Crippen LogP contribution >= 0.6 is 0 Å². The van der Waals surface area contributed by atoms with Crippen LogP contribution in [0.5, 0.6) is 0 Å². The maximum atomic E-state index is 9.34. The van der Waals surface area contributed by atoms with Crippen molar-refractivity contribution in [2.24, 2.45) is 7.05 Å². The van der Waals surface area contributed by atoms with Crippen molar-refractivity contribution in [3.8, 4) is 6.07 Å². The van der Waals surface area contributed by atoms with E-state index in [9.17, 15) is 5.26 Å². The number of likely N-dealkylation sites (tertiary alicyclic amines) is 1. The van der Waals surface area contributed by atoms with Gasteiger partial charge in [-0.25, -0.2) is 0 Å². The Morgan fingerprint density at radius 2 is 2.19 bits per heavy atom. The first-order chi connectivity index (χ1) is 7.76. The molecule has 1 aromatic heterocycles. The first-order valence-corrected chi connectivity index (χ1v) is 5.92. The largest absolute Gasteiger partial charge is 0.284 e. The molecule has 1 aliphatic heterocycles. The maximum absolute atomic E-state index is 9.34. The van der Waals surface area contributed by atoms with Crippen LogP contribution in [0.15, 0.2) is 6.20 Å². The molecule has 0 bridgehead atoms. The molecule has 2 heterocycles. The van der Waals surface area contributed by atoms with Crippen molar-refractivity contribution in [1.29, 1.82) is 5.26 Å². The summed E-state index contributed by atoms with van der Waals surface area (Å²) in [5, 5.41) is 13.7. The molecule has 1 aromatic rings. The van der Waals surface area contributed by atoms with Gasteiger partial charge in [-0.1, -0.05) is 6.92 Å². The zero-order valence-electron chi connectivity index (χ0n) is 9.98. The van der Waals surface area contributed by atoms with Crippen molar-refractivity contribution in [1.82, 2.24) is 14.7 Å². The van der Waals surface area contributed by atoms with Crippen molar-refractivity contribution in [3.63, 3.8) is 0 Å². The molecular formula is C12H18N4. The third-order valence-electron chi connectivity index (χ3n) is 3.20. The number of aromatic nitrogens is 2. The van der Waals surface area contributed by atoms with Crippen LogP contribution in [0.4, 0.5) is 0 Å². The molecule has 4 heteroatoms. The molecule has 0 N–H and O–H groups in total. The quantitative estimate of drug-likeness (QED) is 0.774. The standard InChI is InChI=1S/C12H18N4/c1-3-11-10(9-15(2)14-11)12(8-13)16-6-4-5-7-16/h9,12H,3-7H2,1-2H3. The molecule has 1 unspecified atom stereocenters. The highest BCUT2D eigenvalue weighted by Gasteiger charge is 2.26. The van der Waals surface area contributed by atoms with Gasteiger partial charge in [-0.15, -0.1) is 0 Å². The first kappa shape index (κ1) is 11.2. The fourth-order valence-electron chi connectivity index (χ4n) is 2.40. The van der Waals surface area contributed by atoms with E-state index in [4.69, 9.17) is 0 Å². The molecule has 1 atom stereocenters. The Hall–Kier alpha value is -1.34. The predicted molar refractivity (Wildman–Crippen MR) is 61.7 cm³/mol. The van der Waals surface area contributed by atoms with E-state index in [0.717, 1.165) is 30.8 Å². The monoisotopic (exact) mass is 218 g/mol. The molecule has 1 saturated heterocycles. The van der Waals surface area contributed by atoms with Gasteiger partial charge in [0, 0.05) is 18.8 Å². The molecule has 0 spiro atoms. The van der Waals surface area contributed by atoms with Gasteiger partial charge in [0.15, 0.2) is 0 Å². The zero-order chi connectivity index (χ0) is 11.5. The molecule has 0 aromatic carbocycles. The van der Waals surface area contributed by atoms with Gasteiger partial charge >= 0.3 is 0 Å². The van der Waals surface area contributed by atoms with Gasteiger partial charge in [-0.3, -0.25) is 9.58 Å². The number of aryl methyl sites for hydroxylation is 2. The highest BCUT2D eigenvalue weighted by atomic mass is 15.3. The maximum Gasteiger partial charge on any atom is 0.127 e. The summed E-state index contributed by atoms with van der Waals surface area (Å²) in [6.07, 6.45) is 5.30. The van der Waals surface area contributed by atoms with Gasteiger partial charge in [0.05, 0.1) is 11.8 Å². The van der Waals surface area contributed by atoms with E-state index in [-0.39, 0.29) is 6.04 Å². The van der Waals surface area contributed by atoms with Crippen molar-refractivity contribution in [2.45, 2.75) is 32.2 Å². The van der Waals surface area contributed by atoms with Crippen LogP contribution in [0.3, 0.4) is 0 Å². The lowest BCUT2D eigenvalue weighted by Crippen LogP contribution is -2.24. The zero-order valence-corrected chi connectivity index (χ0v) is 9.98. The van der Waals surface area contributed by atoms with E-state index in [1.807, 2.05) is 17.9 Å². The number of rotatable bonds is 3. The molecule has 0 radical (unpaired) electrons. The molecular weight excluding hydrogens is 200 g/mol. The summed E-state index contributed by atoms with van der Waals surface area (Å²) in [7, 11) is 1.92. The van der Waals surface area contributed by atoms with Gasteiger partial charge in [0.25, 0.3) is 0 Å². The molecule has 2 rings (SSSR count). The highest BCUT2D eigenvalue weighted by Crippen LogP contribution is 2.26. The number of nitrogens with zero attached hydrogens (tertiary/aromatic N) is 4. The summed E-state index contributed by atoms with van der Waals surface area (Å²) in [5.74, 6) is 0. The second-order valence-electron chi connectivity index (χ2n) is 4.33. The smallest absolute Gasteiger partial charge is 0.127 e. The Morgan fingerprint density at radius 3 is 2.75 bits per heavy atom. The van der Waals surface area contributed by atoms with Gasteiger partial charge in [-0.2, -0.15) is 10.4 Å². The summed E-state index contributed by atoms with van der Waals surface area (Å²) in [6.45, 7) is 4.16. The van der Waals surface area contributed by atoms with E-state index in [1.165, 1.54) is 12.8 Å². The third kappa shape index (κ3) is 1.96. The van der Waals surface area contributed by atoms with Gasteiger partial charge in [0.2, 0.25) is 0 Å². The molecule has 86 valence electrons. The molecule has 1 fully saturated rings. The van der Waals surface area contributed by atoms with E-state index in [2.05, 4.69) is 23.0 Å². The normalized spacial score (nSPS) is 18.6. The lowest BCUT2D eigenvalue weighted by atomic mass is 10.1. The Labute approximate surface area is 96.5 Å². The number of nitriles is 1.